The second-order valence-electron chi connectivity index (χ2n) is 6.96. The summed E-state index contributed by atoms with van der Waals surface area (Å²) in [7, 11) is 0. The minimum absolute atomic E-state index is 0.0906. The number of amides is 1. The lowest BCUT2D eigenvalue weighted by Gasteiger charge is -2.21. The van der Waals surface area contributed by atoms with Crippen LogP contribution < -0.4 is 10.1 Å². The smallest absolute Gasteiger partial charge is 0.265 e. The van der Waals surface area contributed by atoms with Crippen molar-refractivity contribution in [3.8, 4) is 5.75 Å². The number of rotatable bonds is 5. The Kier molecular flexibility index (Phi) is 5.42. The number of aryl methyl sites for hydroxylation is 4. The van der Waals surface area contributed by atoms with Gasteiger partial charge in [0, 0.05) is 5.69 Å². The zero-order chi connectivity index (χ0) is 17.8. The van der Waals surface area contributed by atoms with E-state index in [1.165, 1.54) is 29.5 Å². The summed E-state index contributed by atoms with van der Waals surface area (Å²) in [5.74, 6) is 0.704. The van der Waals surface area contributed by atoms with E-state index in [0.29, 0.717) is 6.42 Å². The second kappa shape index (κ2) is 7.73. The molecule has 3 rings (SSSR count). The van der Waals surface area contributed by atoms with Crippen molar-refractivity contribution < 1.29 is 9.53 Å². The number of fused-ring (bicyclic) bond motifs is 1. The third-order valence-corrected chi connectivity index (χ3v) is 4.90. The first-order chi connectivity index (χ1) is 12.1. The Bertz CT molecular complexity index is 767. The van der Waals surface area contributed by atoms with Crippen molar-refractivity contribution in [3.63, 3.8) is 0 Å². The Morgan fingerprint density at radius 3 is 2.56 bits per heavy atom. The summed E-state index contributed by atoms with van der Waals surface area (Å²) in [5, 5.41) is 3.01. The maximum absolute atomic E-state index is 12.6. The molecule has 2 aromatic rings. The number of nitrogens with one attached hydrogen (secondary N) is 1. The van der Waals surface area contributed by atoms with Crippen LogP contribution in [0.1, 0.15) is 48.4 Å². The highest BCUT2D eigenvalue weighted by atomic mass is 16.5. The molecule has 0 spiro atoms. The predicted octanol–water partition coefficient (Wildman–Crippen LogP) is 4.98. The van der Waals surface area contributed by atoms with Gasteiger partial charge in [-0.05, 0) is 80.8 Å². The highest BCUT2D eigenvalue weighted by Gasteiger charge is 2.20. The summed E-state index contributed by atoms with van der Waals surface area (Å²) in [6.07, 6.45) is 4.91. The van der Waals surface area contributed by atoms with Gasteiger partial charge in [0.15, 0.2) is 6.10 Å². The monoisotopic (exact) mass is 337 g/mol. The molecule has 25 heavy (non-hydrogen) atoms. The molecule has 0 radical (unpaired) electrons. The van der Waals surface area contributed by atoms with E-state index in [-0.39, 0.29) is 5.91 Å². The van der Waals surface area contributed by atoms with Gasteiger partial charge in [0.2, 0.25) is 0 Å². The van der Waals surface area contributed by atoms with E-state index in [0.717, 1.165) is 29.8 Å². The van der Waals surface area contributed by atoms with Gasteiger partial charge in [0.25, 0.3) is 5.91 Å². The highest BCUT2D eigenvalue weighted by molar-refractivity contribution is 5.95. The van der Waals surface area contributed by atoms with Gasteiger partial charge in [0.05, 0.1) is 0 Å². The SMILES string of the molecule is CCC(Oc1ccc2c(c1)CCCC2)C(=O)Nc1ccc(C)cc1C. The van der Waals surface area contributed by atoms with E-state index in [1.807, 2.05) is 39.0 Å². The fourth-order valence-corrected chi connectivity index (χ4v) is 3.44. The Morgan fingerprint density at radius 1 is 1.08 bits per heavy atom. The van der Waals surface area contributed by atoms with Crippen molar-refractivity contribution in [1.29, 1.82) is 0 Å². The van der Waals surface area contributed by atoms with Gasteiger partial charge >= 0.3 is 0 Å². The molecular weight excluding hydrogens is 310 g/mol. The molecule has 0 saturated carbocycles. The van der Waals surface area contributed by atoms with Crippen molar-refractivity contribution in [2.24, 2.45) is 0 Å². The number of hydrogen-bond acceptors (Lipinski definition) is 2. The average Bonchev–Trinajstić information content (AvgIpc) is 2.61. The third-order valence-electron chi connectivity index (χ3n) is 4.90. The first-order valence-electron chi connectivity index (χ1n) is 9.23. The van der Waals surface area contributed by atoms with Gasteiger partial charge in [-0.3, -0.25) is 4.79 Å². The van der Waals surface area contributed by atoms with Crippen molar-refractivity contribution in [2.75, 3.05) is 5.32 Å². The van der Waals surface area contributed by atoms with Crippen LogP contribution in [0.4, 0.5) is 5.69 Å². The van der Waals surface area contributed by atoms with Crippen LogP contribution >= 0.6 is 0 Å². The van der Waals surface area contributed by atoms with Crippen LogP contribution in [0.3, 0.4) is 0 Å². The number of hydrogen-bond donors (Lipinski definition) is 1. The minimum Gasteiger partial charge on any atom is -0.481 e. The van der Waals surface area contributed by atoms with Crippen molar-refractivity contribution in [2.45, 2.75) is 59.0 Å². The highest BCUT2D eigenvalue weighted by Crippen LogP contribution is 2.26. The number of anilines is 1. The number of carbonyl (C=O) groups is 1. The minimum atomic E-state index is -0.484. The number of benzene rings is 2. The van der Waals surface area contributed by atoms with Gasteiger partial charge < -0.3 is 10.1 Å². The van der Waals surface area contributed by atoms with Gasteiger partial charge in [-0.25, -0.2) is 0 Å². The Labute approximate surface area is 150 Å². The fourth-order valence-electron chi connectivity index (χ4n) is 3.44. The average molecular weight is 337 g/mol. The first-order valence-corrected chi connectivity index (χ1v) is 9.23. The molecule has 3 nitrogen and oxygen atoms in total. The lowest BCUT2D eigenvalue weighted by molar-refractivity contribution is -0.122. The van der Waals surface area contributed by atoms with Gasteiger partial charge in [0.1, 0.15) is 5.75 Å². The first kappa shape index (κ1) is 17.5. The standard InChI is InChI=1S/C22H27NO2/c1-4-21(22(24)23-20-12-9-15(2)13-16(20)3)25-19-11-10-17-7-5-6-8-18(17)14-19/h9-14,21H,4-8H2,1-3H3,(H,23,24). The molecule has 0 saturated heterocycles. The van der Waals surface area contributed by atoms with Gasteiger partial charge in [-0.15, -0.1) is 0 Å². The maximum Gasteiger partial charge on any atom is 0.265 e. The molecule has 0 bridgehead atoms. The third kappa shape index (κ3) is 4.22. The Hall–Kier alpha value is -2.29. The Balaban J connectivity index is 1.70. The molecule has 0 heterocycles. The quantitative estimate of drug-likeness (QED) is 0.836. The maximum atomic E-state index is 12.6. The fraction of sp³-hybridized carbons (Fsp3) is 0.409. The predicted molar refractivity (Wildman–Crippen MR) is 102 cm³/mol. The largest absolute Gasteiger partial charge is 0.481 e. The second-order valence-corrected chi connectivity index (χ2v) is 6.96. The molecule has 132 valence electrons. The normalized spacial score (nSPS) is 14.5. The van der Waals surface area contributed by atoms with Crippen molar-refractivity contribution >= 4 is 11.6 Å². The van der Waals surface area contributed by atoms with Gasteiger partial charge in [-0.2, -0.15) is 0 Å². The molecule has 1 aliphatic carbocycles. The van der Waals surface area contributed by atoms with Crippen LogP contribution in [-0.2, 0) is 17.6 Å². The molecule has 1 atom stereocenters. The zero-order valence-corrected chi connectivity index (χ0v) is 15.4. The molecule has 1 N–H and O–H groups in total. The molecule has 2 aromatic carbocycles. The Morgan fingerprint density at radius 2 is 1.84 bits per heavy atom. The summed E-state index contributed by atoms with van der Waals surface area (Å²) >= 11 is 0. The molecule has 1 unspecified atom stereocenters. The van der Waals surface area contributed by atoms with Crippen LogP contribution in [0.2, 0.25) is 0 Å². The zero-order valence-electron chi connectivity index (χ0n) is 15.4. The molecule has 1 aliphatic rings. The summed E-state index contributed by atoms with van der Waals surface area (Å²) < 4.78 is 6.02. The van der Waals surface area contributed by atoms with Crippen LogP contribution in [0, 0.1) is 13.8 Å². The molecule has 0 aromatic heterocycles. The van der Waals surface area contributed by atoms with E-state index >= 15 is 0 Å². The van der Waals surface area contributed by atoms with Crippen LogP contribution in [0.25, 0.3) is 0 Å². The summed E-state index contributed by atoms with van der Waals surface area (Å²) in [5.41, 5.74) is 5.90. The molecule has 3 heteroatoms. The van der Waals surface area contributed by atoms with E-state index in [9.17, 15) is 4.79 Å². The van der Waals surface area contributed by atoms with Crippen molar-refractivity contribution in [3.05, 3.63) is 58.7 Å². The molecule has 0 fully saturated rings. The number of carbonyl (C=O) groups excluding carboxylic acids is 1. The van der Waals surface area contributed by atoms with Crippen LogP contribution in [0.15, 0.2) is 36.4 Å². The molecule has 0 aliphatic heterocycles. The van der Waals surface area contributed by atoms with E-state index < -0.39 is 6.10 Å². The molecular formula is C22H27NO2. The topological polar surface area (TPSA) is 38.3 Å². The van der Waals surface area contributed by atoms with Crippen LogP contribution in [-0.4, -0.2) is 12.0 Å². The molecule has 1 amide bonds. The summed E-state index contributed by atoms with van der Waals surface area (Å²) in [4.78, 5) is 12.6. The van der Waals surface area contributed by atoms with Crippen molar-refractivity contribution in [1.82, 2.24) is 0 Å². The van der Waals surface area contributed by atoms with Crippen LogP contribution in [0.5, 0.6) is 5.75 Å². The number of ether oxygens (including phenoxy) is 1. The lowest BCUT2D eigenvalue weighted by atomic mass is 9.92. The summed E-state index contributed by atoms with van der Waals surface area (Å²) in [6.45, 7) is 6.03. The van der Waals surface area contributed by atoms with Gasteiger partial charge in [-0.1, -0.05) is 30.7 Å². The summed E-state index contributed by atoms with van der Waals surface area (Å²) in [6, 6.07) is 12.3. The van der Waals surface area contributed by atoms with E-state index in [2.05, 4.69) is 23.5 Å². The lowest BCUT2D eigenvalue weighted by Crippen LogP contribution is -2.32. The van der Waals surface area contributed by atoms with E-state index in [1.54, 1.807) is 0 Å². The van der Waals surface area contributed by atoms with E-state index in [4.69, 9.17) is 4.74 Å².